The first-order valence-electron chi connectivity index (χ1n) is 6.83. The van der Waals surface area contributed by atoms with Gasteiger partial charge in [0.2, 0.25) is 0 Å². The molecule has 3 rings (SSSR count). The Kier molecular flexibility index (Phi) is 2.94. The molecule has 1 saturated carbocycles. The average Bonchev–Trinajstić information content (AvgIpc) is 2.71. The van der Waals surface area contributed by atoms with Gasteiger partial charge in [0, 0.05) is 0 Å². The summed E-state index contributed by atoms with van der Waals surface area (Å²) in [5, 5.41) is 11.8. The van der Waals surface area contributed by atoms with Crippen LogP contribution in [0.1, 0.15) is 37.7 Å². The summed E-state index contributed by atoms with van der Waals surface area (Å²) >= 11 is 0. The third-order valence-electron chi connectivity index (χ3n) is 4.10. The number of nitrogens with one attached hydrogen (secondary N) is 1. The van der Waals surface area contributed by atoms with Crippen LogP contribution in [0, 0.1) is 11.3 Å². The minimum Gasteiger partial charge on any atom is -0.323 e. The number of anilines is 1. The van der Waals surface area contributed by atoms with Gasteiger partial charge in [-0.3, -0.25) is 4.79 Å². The first-order valence-corrected chi connectivity index (χ1v) is 6.83. The first-order chi connectivity index (χ1) is 9.66. The fourth-order valence-electron chi connectivity index (χ4n) is 3.06. The average molecular weight is 269 g/mol. The molecule has 1 aromatic carbocycles. The van der Waals surface area contributed by atoms with E-state index in [2.05, 4.69) is 5.32 Å². The summed E-state index contributed by atoms with van der Waals surface area (Å²) in [6, 6.07) is 8.22. The van der Waals surface area contributed by atoms with E-state index in [0.717, 1.165) is 19.3 Å². The molecule has 0 aromatic heterocycles. The second kappa shape index (κ2) is 4.64. The SMILES string of the molecule is N#Cc1cccc(N2C(=O)NC3(CCCCC3)C2=O)c1. The van der Waals surface area contributed by atoms with Gasteiger partial charge in [-0.2, -0.15) is 5.26 Å². The molecule has 1 aliphatic heterocycles. The predicted molar refractivity (Wildman–Crippen MR) is 73.0 cm³/mol. The molecule has 1 aromatic rings. The van der Waals surface area contributed by atoms with E-state index in [1.807, 2.05) is 6.07 Å². The Hall–Kier alpha value is -2.35. The lowest BCUT2D eigenvalue weighted by atomic mass is 9.81. The number of amides is 3. The zero-order chi connectivity index (χ0) is 14.2. The molecule has 5 nitrogen and oxygen atoms in total. The molecule has 3 amide bonds. The van der Waals surface area contributed by atoms with E-state index in [0.29, 0.717) is 24.1 Å². The predicted octanol–water partition coefficient (Wildman–Crippen LogP) is 2.32. The summed E-state index contributed by atoms with van der Waals surface area (Å²) < 4.78 is 0. The van der Waals surface area contributed by atoms with E-state index in [9.17, 15) is 9.59 Å². The number of rotatable bonds is 1. The number of benzene rings is 1. The Morgan fingerprint density at radius 3 is 2.65 bits per heavy atom. The van der Waals surface area contributed by atoms with Crippen molar-refractivity contribution in [2.45, 2.75) is 37.6 Å². The largest absolute Gasteiger partial charge is 0.329 e. The van der Waals surface area contributed by atoms with Crippen LogP contribution in [-0.2, 0) is 4.79 Å². The van der Waals surface area contributed by atoms with Gasteiger partial charge in [-0.15, -0.1) is 0 Å². The maximum atomic E-state index is 12.7. The van der Waals surface area contributed by atoms with Crippen LogP contribution < -0.4 is 10.2 Å². The van der Waals surface area contributed by atoms with E-state index in [4.69, 9.17) is 5.26 Å². The first kappa shape index (κ1) is 12.7. The summed E-state index contributed by atoms with van der Waals surface area (Å²) in [6.07, 6.45) is 4.42. The third-order valence-corrected chi connectivity index (χ3v) is 4.10. The molecule has 0 radical (unpaired) electrons. The maximum Gasteiger partial charge on any atom is 0.329 e. The number of carbonyl (C=O) groups is 2. The van der Waals surface area contributed by atoms with Gasteiger partial charge in [-0.25, -0.2) is 9.69 Å². The molecule has 0 unspecified atom stereocenters. The smallest absolute Gasteiger partial charge is 0.323 e. The Morgan fingerprint density at radius 1 is 1.20 bits per heavy atom. The second-order valence-electron chi connectivity index (χ2n) is 5.38. The molecule has 2 fully saturated rings. The highest BCUT2D eigenvalue weighted by atomic mass is 16.2. The Morgan fingerprint density at radius 2 is 1.95 bits per heavy atom. The molecule has 20 heavy (non-hydrogen) atoms. The molecule has 2 aliphatic rings. The quantitative estimate of drug-likeness (QED) is 0.795. The molecule has 0 atom stereocenters. The van der Waals surface area contributed by atoms with Gasteiger partial charge >= 0.3 is 6.03 Å². The lowest BCUT2D eigenvalue weighted by Gasteiger charge is -2.30. The van der Waals surface area contributed by atoms with Crippen molar-refractivity contribution in [1.29, 1.82) is 5.26 Å². The van der Waals surface area contributed by atoms with E-state index >= 15 is 0 Å². The van der Waals surface area contributed by atoms with Gasteiger partial charge < -0.3 is 5.32 Å². The fraction of sp³-hybridized carbons (Fsp3) is 0.400. The lowest BCUT2D eigenvalue weighted by molar-refractivity contribution is -0.123. The minimum absolute atomic E-state index is 0.183. The molecule has 1 saturated heterocycles. The number of urea groups is 1. The molecule has 1 aliphatic carbocycles. The normalized spacial score (nSPS) is 20.9. The van der Waals surface area contributed by atoms with Gasteiger partial charge in [-0.05, 0) is 31.0 Å². The highest BCUT2D eigenvalue weighted by molar-refractivity contribution is 6.23. The van der Waals surface area contributed by atoms with Crippen LogP contribution in [0.3, 0.4) is 0 Å². The monoisotopic (exact) mass is 269 g/mol. The van der Waals surface area contributed by atoms with Crippen molar-refractivity contribution >= 4 is 17.6 Å². The van der Waals surface area contributed by atoms with Crippen LogP contribution in [0.2, 0.25) is 0 Å². The zero-order valence-electron chi connectivity index (χ0n) is 11.1. The summed E-state index contributed by atoms with van der Waals surface area (Å²) in [4.78, 5) is 26.0. The van der Waals surface area contributed by atoms with Crippen LogP contribution in [0.4, 0.5) is 10.5 Å². The number of carbonyl (C=O) groups excluding carboxylic acids is 2. The van der Waals surface area contributed by atoms with E-state index in [1.165, 1.54) is 4.90 Å². The van der Waals surface area contributed by atoms with Gasteiger partial charge in [0.1, 0.15) is 5.54 Å². The van der Waals surface area contributed by atoms with Crippen molar-refractivity contribution in [2.24, 2.45) is 0 Å². The van der Waals surface area contributed by atoms with Crippen molar-refractivity contribution < 1.29 is 9.59 Å². The van der Waals surface area contributed by atoms with Crippen molar-refractivity contribution in [2.75, 3.05) is 4.90 Å². The van der Waals surface area contributed by atoms with Crippen molar-refractivity contribution in [1.82, 2.24) is 5.32 Å². The van der Waals surface area contributed by atoms with Crippen LogP contribution in [-0.4, -0.2) is 17.5 Å². The van der Waals surface area contributed by atoms with E-state index in [1.54, 1.807) is 24.3 Å². The number of hydrogen-bond donors (Lipinski definition) is 1. The topological polar surface area (TPSA) is 73.2 Å². The minimum atomic E-state index is -0.724. The second-order valence-corrected chi connectivity index (χ2v) is 5.38. The summed E-state index contributed by atoms with van der Waals surface area (Å²) in [5.74, 6) is -0.183. The van der Waals surface area contributed by atoms with Crippen LogP contribution in [0.15, 0.2) is 24.3 Å². The Bertz CT molecular complexity index is 612. The third kappa shape index (κ3) is 1.85. The van der Waals surface area contributed by atoms with Crippen molar-refractivity contribution in [3.8, 4) is 6.07 Å². The summed E-state index contributed by atoms with van der Waals surface area (Å²) in [5.41, 5.74) is 0.180. The number of nitrogens with zero attached hydrogens (tertiary/aromatic N) is 2. The van der Waals surface area contributed by atoms with Crippen molar-refractivity contribution in [3.63, 3.8) is 0 Å². The molecule has 1 spiro atoms. The van der Waals surface area contributed by atoms with Gasteiger partial charge in [0.25, 0.3) is 5.91 Å². The Labute approximate surface area is 117 Å². The Balaban J connectivity index is 1.96. The number of imide groups is 1. The van der Waals surface area contributed by atoms with Gasteiger partial charge in [-0.1, -0.05) is 25.3 Å². The molecular weight excluding hydrogens is 254 g/mol. The lowest BCUT2D eigenvalue weighted by Crippen LogP contribution is -2.48. The van der Waals surface area contributed by atoms with Crippen LogP contribution in [0.5, 0.6) is 0 Å². The van der Waals surface area contributed by atoms with Crippen molar-refractivity contribution in [3.05, 3.63) is 29.8 Å². The molecular formula is C15H15N3O2. The summed E-state index contributed by atoms with van der Waals surface area (Å²) in [6.45, 7) is 0. The van der Waals surface area contributed by atoms with E-state index < -0.39 is 5.54 Å². The number of hydrogen-bond acceptors (Lipinski definition) is 3. The van der Waals surface area contributed by atoms with E-state index in [-0.39, 0.29) is 11.9 Å². The molecule has 5 heteroatoms. The van der Waals surface area contributed by atoms with Gasteiger partial charge in [0.15, 0.2) is 0 Å². The fourth-order valence-corrected chi connectivity index (χ4v) is 3.06. The van der Waals surface area contributed by atoms with Gasteiger partial charge in [0.05, 0.1) is 17.3 Å². The molecule has 0 bridgehead atoms. The molecule has 102 valence electrons. The molecule has 1 heterocycles. The maximum absolute atomic E-state index is 12.7. The highest BCUT2D eigenvalue weighted by Crippen LogP contribution is 2.35. The van der Waals surface area contributed by atoms with Crippen LogP contribution >= 0.6 is 0 Å². The number of nitriles is 1. The zero-order valence-corrected chi connectivity index (χ0v) is 11.1. The standard InChI is InChI=1S/C15H15N3O2/c16-10-11-5-4-6-12(9-11)18-13(19)15(17-14(18)20)7-2-1-3-8-15/h4-6,9H,1-3,7-8H2,(H,17,20). The summed E-state index contributed by atoms with van der Waals surface area (Å²) in [7, 11) is 0. The highest BCUT2D eigenvalue weighted by Gasteiger charge is 2.51. The molecule has 1 N–H and O–H groups in total. The van der Waals surface area contributed by atoms with Crippen LogP contribution in [0.25, 0.3) is 0 Å².